The van der Waals surface area contributed by atoms with E-state index in [-0.39, 0.29) is 18.8 Å². The Balaban J connectivity index is 3.18. The minimum Gasteiger partial charge on any atom is -0.444 e. The topological polar surface area (TPSA) is 48.0 Å². The van der Waals surface area contributed by atoms with Gasteiger partial charge in [-0.2, -0.15) is 0 Å². The molecule has 5 heteroatoms. The summed E-state index contributed by atoms with van der Waals surface area (Å²) in [4.78, 5) is 14.4. The molecule has 1 aliphatic rings. The predicted octanol–water partition coefficient (Wildman–Crippen LogP) is 3.59. The maximum Gasteiger partial charge on any atom is 0.412 e. The van der Waals surface area contributed by atoms with Crippen molar-refractivity contribution in [2.45, 2.75) is 71.9 Å². The maximum atomic E-state index is 12.8. The van der Waals surface area contributed by atoms with E-state index in [2.05, 4.69) is 12.5 Å². The molecule has 0 aromatic rings. The van der Waals surface area contributed by atoms with Gasteiger partial charge >= 0.3 is 6.09 Å². The largest absolute Gasteiger partial charge is 0.444 e. The molecule has 1 saturated heterocycles. The van der Waals surface area contributed by atoms with Crippen LogP contribution in [-0.2, 0) is 14.2 Å². The first-order valence-corrected chi connectivity index (χ1v) is 8.20. The highest BCUT2D eigenvalue weighted by molar-refractivity contribution is 5.70. The van der Waals surface area contributed by atoms with Gasteiger partial charge in [0.25, 0.3) is 0 Å². The zero-order valence-electron chi connectivity index (χ0n) is 16.0. The smallest absolute Gasteiger partial charge is 0.412 e. The molecule has 1 heterocycles. The molecule has 2 atom stereocenters. The summed E-state index contributed by atoms with van der Waals surface area (Å²) in [5, 5.41) is 0. The van der Waals surface area contributed by atoms with E-state index in [0.717, 1.165) is 0 Å². The second kappa shape index (κ2) is 7.16. The molecule has 0 radical (unpaired) electrons. The van der Waals surface area contributed by atoms with Crippen LogP contribution in [0.25, 0.3) is 0 Å². The van der Waals surface area contributed by atoms with Gasteiger partial charge in [0.15, 0.2) is 0 Å². The quantitative estimate of drug-likeness (QED) is 0.568. The molecule has 0 unspecified atom stereocenters. The van der Waals surface area contributed by atoms with Gasteiger partial charge in [0.1, 0.15) is 17.9 Å². The summed E-state index contributed by atoms with van der Waals surface area (Å²) < 4.78 is 17.3. The fraction of sp³-hybridized carbons (Fsp3) is 0.737. The van der Waals surface area contributed by atoms with Crippen LogP contribution in [0.5, 0.6) is 0 Å². The third-order valence-electron chi connectivity index (χ3n) is 4.06. The Hall–Kier alpha value is -1.51. The lowest BCUT2D eigenvalue weighted by atomic mass is 9.82. The molecule has 0 aromatic carbocycles. The zero-order valence-corrected chi connectivity index (χ0v) is 16.0. The summed E-state index contributed by atoms with van der Waals surface area (Å²) in [6.07, 6.45) is 6.38. The number of hydrogen-bond donors (Lipinski definition) is 0. The standard InChI is InChI=1S/C19H31NO4/c1-10-12-22-15(18(6,7)11-2)14-13-23-19(8,9)20(14)16(21)24-17(3,4)5/h1,11,14-15H,2,12-13H2,3-9H3/t14-,15-/m0/s1. The highest BCUT2D eigenvalue weighted by Gasteiger charge is 2.51. The number of terminal acetylenes is 1. The first-order valence-electron chi connectivity index (χ1n) is 8.20. The molecule has 1 fully saturated rings. The summed E-state index contributed by atoms with van der Waals surface area (Å²) in [6.45, 7) is 17.6. The summed E-state index contributed by atoms with van der Waals surface area (Å²) in [5.74, 6) is 2.49. The predicted molar refractivity (Wildman–Crippen MR) is 94.4 cm³/mol. The van der Waals surface area contributed by atoms with Crippen molar-refractivity contribution in [1.82, 2.24) is 4.90 Å². The third kappa shape index (κ3) is 4.75. The van der Waals surface area contributed by atoms with Gasteiger partial charge in [-0.1, -0.05) is 25.8 Å². The number of carbonyl (C=O) groups is 1. The second-order valence-electron chi connectivity index (χ2n) is 8.14. The molecule has 1 aliphatic heterocycles. The van der Waals surface area contributed by atoms with Gasteiger partial charge in [0.05, 0.1) is 18.8 Å². The van der Waals surface area contributed by atoms with Gasteiger partial charge in [0.2, 0.25) is 0 Å². The Morgan fingerprint density at radius 2 is 2.04 bits per heavy atom. The minimum absolute atomic E-state index is 0.154. The van der Waals surface area contributed by atoms with Crippen LogP contribution in [-0.4, -0.2) is 47.7 Å². The molecular weight excluding hydrogens is 306 g/mol. The Labute approximate surface area is 146 Å². The molecule has 0 bridgehead atoms. The lowest BCUT2D eigenvalue weighted by Crippen LogP contribution is -2.56. The van der Waals surface area contributed by atoms with Crippen molar-refractivity contribution in [3.05, 3.63) is 12.7 Å². The normalized spacial score (nSPS) is 21.9. The van der Waals surface area contributed by atoms with E-state index in [4.69, 9.17) is 20.6 Å². The summed E-state index contributed by atoms with van der Waals surface area (Å²) >= 11 is 0. The van der Waals surface area contributed by atoms with Crippen LogP contribution in [0.3, 0.4) is 0 Å². The maximum absolute atomic E-state index is 12.8. The fourth-order valence-corrected chi connectivity index (χ4v) is 2.80. The molecule has 5 nitrogen and oxygen atoms in total. The van der Waals surface area contributed by atoms with Crippen LogP contribution < -0.4 is 0 Å². The lowest BCUT2D eigenvalue weighted by Gasteiger charge is -2.41. The first kappa shape index (κ1) is 20.5. The van der Waals surface area contributed by atoms with E-state index in [0.29, 0.717) is 6.61 Å². The molecule has 24 heavy (non-hydrogen) atoms. The molecule has 0 aromatic heterocycles. The van der Waals surface area contributed by atoms with E-state index >= 15 is 0 Å². The SMILES string of the molecule is C#CCO[C@@H]([C@@H]1COC(C)(C)N1C(=O)OC(C)(C)C)C(C)(C)C=C. The molecule has 0 N–H and O–H groups in total. The van der Waals surface area contributed by atoms with Gasteiger partial charge in [0, 0.05) is 5.41 Å². The summed E-state index contributed by atoms with van der Waals surface area (Å²) in [6, 6.07) is -0.323. The van der Waals surface area contributed by atoms with E-state index in [1.807, 2.05) is 54.5 Å². The van der Waals surface area contributed by atoms with Gasteiger partial charge in [-0.15, -0.1) is 13.0 Å². The average Bonchev–Trinajstić information content (AvgIpc) is 2.72. The number of nitrogens with zero attached hydrogens (tertiary/aromatic N) is 1. The number of rotatable bonds is 5. The van der Waals surface area contributed by atoms with Gasteiger partial charge in [-0.05, 0) is 34.6 Å². The second-order valence-corrected chi connectivity index (χ2v) is 8.14. The van der Waals surface area contributed by atoms with Crippen molar-refractivity contribution in [2.24, 2.45) is 5.41 Å². The Kier molecular flexibility index (Phi) is 6.13. The van der Waals surface area contributed by atoms with Gasteiger partial charge < -0.3 is 14.2 Å². The van der Waals surface area contributed by atoms with E-state index in [1.54, 1.807) is 4.90 Å². The minimum atomic E-state index is -0.790. The lowest BCUT2D eigenvalue weighted by molar-refractivity contribution is -0.0805. The van der Waals surface area contributed by atoms with Crippen LogP contribution in [0, 0.1) is 17.8 Å². The van der Waals surface area contributed by atoms with Crippen molar-refractivity contribution in [3.8, 4) is 12.3 Å². The van der Waals surface area contributed by atoms with Crippen molar-refractivity contribution < 1.29 is 19.0 Å². The average molecular weight is 337 g/mol. The van der Waals surface area contributed by atoms with Crippen LogP contribution in [0.2, 0.25) is 0 Å². The number of amides is 1. The third-order valence-corrected chi connectivity index (χ3v) is 4.06. The molecule has 1 amide bonds. The Bertz CT molecular complexity index is 510. The van der Waals surface area contributed by atoms with Gasteiger partial charge in [-0.25, -0.2) is 4.79 Å². The molecule has 136 valence electrons. The molecular formula is C19H31NO4. The Morgan fingerprint density at radius 3 is 2.50 bits per heavy atom. The van der Waals surface area contributed by atoms with Crippen LogP contribution >= 0.6 is 0 Å². The van der Waals surface area contributed by atoms with Crippen LogP contribution in [0.4, 0.5) is 4.79 Å². The summed E-state index contributed by atoms with van der Waals surface area (Å²) in [7, 11) is 0. The van der Waals surface area contributed by atoms with Crippen LogP contribution in [0.15, 0.2) is 12.7 Å². The highest BCUT2D eigenvalue weighted by Crippen LogP contribution is 2.37. The number of carbonyl (C=O) groups excluding carboxylic acids is 1. The van der Waals surface area contributed by atoms with E-state index < -0.39 is 22.8 Å². The summed E-state index contributed by atoms with van der Waals surface area (Å²) in [5.41, 5.74) is -1.78. The molecule has 0 aliphatic carbocycles. The molecule has 1 rings (SSSR count). The first-order chi connectivity index (χ1) is 10.9. The van der Waals surface area contributed by atoms with Crippen LogP contribution in [0.1, 0.15) is 48.5 Å². The zero-order chi connectivity index (χ0) is 18.8. The fourth-order valence-electron chi connectivity index (χ4n) is 2.80. The Morgan fingerprint density at radius 1 is 1.46 bits per heavy atom. The molecule has 0 spiro atoms. The number of ether oxygens (including phenoxy) is 3. The molecule has 0 saturated carbocycles. The van der Waals surface area contributed by atoms with Crippen molar-refractivity contribution >= 4 is 6.09 Å². The van der Waals surface area contributed by atoms with Gasteiger partial charge in [-0.3, -0.25) is 4.90 Å². The van der Waals surface area contributed by atoms with Crippen molar-refractivity contribution in [3.63, 3.8) is 0 Å². The number of hydrogen-bond acceptors (Lipinski definition) is 4. The van der Waals surface area contributed by atoms with Crippen molar-refractivity contribution in [2.75, 3.05) is 13.2 Å². The highest BCUT2D eigenvalue weighted by atomic mass is 16.6. The van der Waals surface area contributed by atoms with Crippen molar-refractivity contribution in [1.29, 1.82) is 0 Å². The van der Waals surface area contributed by atoms with E-state index in [1.165, 1.54) is 0 Å². The monoisotopic (exact) mass is 337 g/mol. The van der Waals surface area contributed by atoms with E-state index in [9.17, 15) is 4.79 Å².